The van der Waals surface area contributed by atoms with Crippen LogP contribution in [0.2, 0.25) is 0 Å². The van der Waals surface area contributed by atoms with Crippen molar-refractivity contribution < 1.29 is 14.4 Å². The fourth-order valence-corrected chi connectivity index (χ4v) is 3.39. The molecule has 1 aromatic rings. The molecule has 3 amide bonds. The summed E-state index contributed by atoms with van der Waals surface area (Å²) in [6.45, 7) is 8.69. The Morgan fingerprint density at radius 2 is 1.68 bits per heavy atom. The number of hydrogen-bond acceptors (Lipinski definition) is 4. The van der Waals surface area contributed by atoms with Gasteiger partial charge in [0.25, 0.3) is 17.7 Å². The number of piperazine rings is 1. The van der Waals surface area contributed by atoms with Crippen LogP contribution < -0.4 is 0 Å². The first-order valence-electron chi connectivity index (χ1n) is 9.08. The fourth-order valence-electron chi connectivity index (χ4n) is 3.39. The zero-order chi connectivity index (χ0) is 18.0. The van der Waals surface area contributed by atoms with E-state index in [0.717, 1.165) is 32.5 Å². The monoisotopic (exact) mass is 343 g/mol. The minimum Gasteiger partial charge on any atom is -0.336 e. The number of nitrogens with zero attached hydrogens (tertiary/aromatic N) is 3. The van der Waals surface area contributed by atoms with E-state index < -0.39 is 0 Å². The van der Waals surface area contributed by atoms with E-state index in [1.165, 1.54) is 4.90 Å². The van der Waals surface area contributed by atoms with Gasteiger partial charge in [0.15, 0.2) is 0 Å². The SMILES string of the molecule is CCCCN1C(=O)c2ccc(C(=O)N3CCN(CC)CC3)cc2C1=O. The summed E-state index contributed by atoms with van der Waals surface area (Å²) >= 11 is 0. The zero-order valence-corrected chi connectivity index (χ0v) is 15.0. The molecule has 25 heavy (non-hydrogen) atoms. The van der Waals surface area contributed by atoms with Crippen LogP contribution in [0.5, 0.6) is 0 Å². The van der Waals surface area contributed by atoms with Gasteiger partial charge in [-0.25, -0.2) is 0 Å². The Labute approximate surface area is 148 Å². The highest BCUT2D eigenvalue weighted by atomic mass is 16.2. The molecule has 134 valence electrons. The van der Waals surface area contributed by atoms with E-state index in [1.807, 2.05) is 11.8 Å². The molecule has 6 heteroatoms. The highest BCUT2D eigenvalue weighted by Gasteiger charge is 2.35. The number of carbonyl (C=O) groups excluding carboxylic acids is 3. The maximum atomic E-state index is 12.7. The van der Waals surface area contributed by atoms with Crippen molar-refractivity contribution in [1.82, 2.24) is 14.7 Å². The molecule has 0 aliphatic carbocycles. The molecule has 0 atom stereocenters. The summed E-state index contributed by atoms with van der Waals surface area (Å²) in [5.41, 5.74) is 1.26. The van der Waals surface area contributed by atoms with Crippen molar-refractivity contribution in [2.45, 2.75) is 26.7 Å². The Morgan fingerprint density at radius 3 is 2.32 bits per heavy atom. The van der Waals surface area contributed by atoms with Gasteiger partial charge in [-0.3, -0.25) is 19.3 Å². The first kappa shape index (κ1) is 17.6. The maximum absolute atomic E-state index is 12.7. The number of benzene rings is 1. The molecule has 6 nitrogen and oxygen atoms in total. The second kappa shape index (κ2) is 7.35. The molecule has 0 bridgehead atoms. The summed E-state index contributed by atoms with van der Waals surface area (Å²) in [6.07, 6.45) is 1.71. The lowest BCUT2D eigenvalue weighted by Crippen LogP contribution is -2.48. The molecule has 2 heterocycles. The van der Waals surface area contributed by atoms with Crippen molar-refractivity contribution in [3.8, 4) is 0 Å². The minimum absolute atomic E-state index is 0.0641. The van der Waals surface area contributed by atoms with Crippen LogP contribution in [-0.4, -0.2) is 71.7 Å². The van der Waals surface area contributed by atoms with Crippen LogP contribution in [0.4, 0.5) is 0 Å². The number of likely N-dealkylation sites (N-methyl/N-ethyl adjacent to an activating group) is 1. The van der Waals surface area contributed by atoms with E-state index in [-0.39, 0.29) is 17.7 Å². The highest BCUT2D eigenvalue weighted by molar-refractivity contribution is 6.22. The number of unbranched alkanes of at least 4 members (excludes halogenated alkanes) is 1. The number of imide groups is 1. The molecule has 1 fully saturated rings. The van der Waals surface area contributed by atoms with Gasteiger partial charge in [-0.15, -0.1) is 0 Å². The summed E-state index contributed by atoms with van der Waals surface area (Å²) < 4.78 is 0. The Balaban J connectivity index is 1.76. The van der Waals surface area contributed by atoms with Crippen LogP contribution in [0, 0.1) is 0 Å². The van der Waals surface area contributed by atoms with Gasteiger partial charge in [-0.05, 0) is 31.2 Å². The van der Waals surface area contributed by atoms with E-state index in [9.17, 15) is 14.4 Å². The average molecular weight is 343 g/mol. The molecular formula is C19H25N3O3. The Bertz CT molecular complexity index is 693. The largest absolute Gasteiger partial charge is 0.336 e. The van der Waals surface area contributed by atoms with Gasteiger partial charge in [0.05, 0.1) is 11.1 Å². The minimum atomic E-state index is -0.279. The Hall–Kier alpha value is -2.21. The zero-order valence-electron chi connectivity index (χ0n) is 15.0. The molecule has 1 saturated heterocycles. The van der Waals surface area contributed by atoms with Gasteiger partial charge in [-0.2, -0.15) is 0 Å². The Morgan fingerprint density at radius 1 is 1.00 bits per heavy atom. The van der Waals surface area contributed by atoms with Crippen LogP contribution in [-0.2, 0) is 0 Å². The average Bonchev–Trinajstić information content (AvgIpc) is 2.89. The van der Waals surface area contributed by atoms with Crippen LogP contribution in [0.3, 0.4) is 0 Å². The van der Waals surface area contributed by atoms with Crippen molar-refractivity contribution in [1.29, 1.82) is 0 Å². The van der Waals surface area contributed by atoms with Gasteiger partial charge >= 0.3 is 0 Å². The number of carbonyl (C=O) groups is 3. The highest BCUT2D eigenvalue weighted by Crippen LogP contribution is 2.25. The molecule has 0 aromatic heterocycles. The number of hydrogen-bond donors (Lipinski definition) is 0. The van der Waals surface area contributed by atoms with Gasteiger partial charge in [0.2, 0.25) is 0 Å². The summed E-state index contributed by atoms with van der Waals surface area (Å²) in [5.74, 6) is -0.589. The molecule has 2 aliphatic rings. The topological polar surface area (TPSA) is 60.9 Å². The van der Waals surface area contributed by atoms with Crippen molar-refractivity contribution in [2.75, 3.05) is 39.3 Å². The van der Waals surface area contributed by atoms with Crippen LogP contribution in [0.25, 0.3) is 0 Å². The third-order valence-electron chi connectivity index (χ3n) is 5.06. The van der Waals surface area contributed by atoms with Gasteiger partial charge < -0.3 is 9.80 Å². The predicted molar refractivity (Wildman–Crippen MR) is 94.7 cm³/mol. The van der Waals surface area contributed by atoms with Crippen LogP contribution in [0.15, 0.2) is 18.2 Å². The van der Waals surface area contributed by atoms with E-state index >= 15 is 0 Å². The Kier molecular flexibility index (Phi) is 5.18. The van der Waals surface area contributed by atoms with Crippen molar-refractivity contribution in [3.05, 3.63) is 34.9 Å². The lowest BCUT2D eigenvalue weighted by atomic mass is 10.0. The molecule has 3 rings (SSSR count). The molecule has 0 radical (unpaired) electrons. The van der Waals surface area contributed by atoms with Gasteiger partial charge in [0, 0.05) is 38.3 Å². The quantitative estimate of drug-likeness (QED) is 0.766. The van der Waals surface area contributed by atoms with Crippen molar-refractivity contribution >= 4 is 17.7 Å². The molecule has 0 saturated carbocycles. The summed E-state index contributed by atoms with van der Waals surface area (Å²) in [4.78, 5) is 43.0. The van der Waals surface area contributed by atoms with Crippen LogP contribution in [0.1, 0.15) is 57.8 Å². The van der Waals surface area contributed by atoms with Crippen molar-refractivity contribution in [2.24, 2.45) is 0 Å². The molecule has 0 N–H and O–H groups in total. The van der Waals surface area contributed by atoms with Gasteiger partial charge in [-0.1, -0.05) is 20.3 Å². The third-order valence-corrected chi connectivity index (χ3v) is 5.06. The first-order chi connectivity index (χ1) is 12.1. The summed E-state index contributed by atoms with van der Waals surface area (Å²) in [6, 6.07) is 4.88. The van der Waals surface area contributed by atoms with E-state index in [2.05, 4.69) is 11.8 Å². The number of amides is 3. The lowest BCUT2D eigenvalue weighted by Gasteiger charge is -2.34. The first-order valence-corrected chi connectivity index (χ1v) is 9.08. The smallest absolute Gasteiger partial charge is 0.261 e. The summed E-state index contributed by atoms with van der Waals surface area (Å²) in [7, 11) is 0. The second-order valence-corrected chi connectivity index (χ2v) is 6.60. The fraction of sp³-hybridized carbons (Fsp3) is 0.526. The predicted octanol–water partition coefficient (Wildman–Crippen LogP) is 1.86. The van der Waals surface area contributed by atoms with E-state index in [0.29, 0.717) is 36.3 Å². The lowest BCUT2D eigenvalue weighted by molar-refractivity contribution is 0.0640. The number of fused-ring (bicyclic) bond motifs is 1. The third kappa shape index (κ3) is 3.31. The molecule has 0 unspecified atom stereocenters. The molecule has 1 aromatic carbocycles. The van der Waals surface area contributed by atoms with E-state index in [4.69, 9.17) is 0 Å². The standard InChI is InChI=1S/C19H25N3O3/c1-3-5-8-22-18(24)15-7-6-14(13-16(15)19(22)25)17(23)21-11-9-20(4-2)10-12-21/h6-7,13H,3-5,8-12H2,1-2H3. The summed E-state index contributed by atoms with van der Waals surface area (Å²) in [5, 5.41) is 0. The van der Waals surface area contributed by atoms with Crippen LogP contribution >= 0.6 is 0 Å². The maximum Gasteiger partial charge on any atom is 0.261 e. The molecule has 0 spiro atoms. The normalized spacial score (nSPS) is 18.0. The van der Waals surface area contributed by atoms with E-state index in [1.54, 1.807) is 18.2 Å². The molecule has 2 aliphatic heterocycles. The van der Waals surface area contributed by atoms with Gasteiger partial charge in [0.1, 0.15) is 0 Å². The molecular weight excluding hydrogens is 318 g/mol. The number of rotatable bonds is 5. The second-order valence-electron chi connectivity index (χ2n) is 6.60. The van der Waals surface area contributed by atoms with Crippen molar-refractivity contribution in [3.63, 3.8) is 0 Å².